The molecule has 0 aromatic carbocycles. The van der Waals surface area contributed by atoms with Gasteiger partial charge in [-0.3, -0.25) is 0 Å². The highest BCUT2D eigenvalue weighted by Gasteiger charge is 2.17. The molecule has 104 valence electrons. The maximum Gasteiger partial charge on any atom is 0.185 e. The molecule has 0 aliphatic carbocycles. The molecule has 1 atom stereocenters. The average molecular weight is 272 g/mol. The van der Waals surface area contributed by atoms with Gasteiger partial charge < -0.3 is 14.7 Å². The zero-order valence-corrected chi connectivity index (χ0v) is 12.8. The first-order chi connectivity index (χ1) is 8.45. The number of hydrogen-bond donors (Lipinski definition) is 1. The molecule has 0 saturated heterocycles. The smallest absolute Gasteiger partial charge is 0.185 e. The van der Waals surface area contributed by atoms with Gasteiger partial charge in [0.25, 0.3) is 0 Å². The summed E-state index contributed by atoms with van der Waals surface area (Å²) in [6, 6.07) is 0. The molecule has 0 spiro atoms. The lowest BCUT2D eigenvalue weighted by atomic mass is 10.2. The molecule has 0 fully saturated rings. The number of aliphatic hydroxyl groups excluding tert-OH is 1. The zero-order valence-electron chi connectivity index (χ0n) is 11.9. The SMILES string of the molecule is COCCN(CC(C)C)c1nc(C)c(C(C)O)s1. The number of hydrogen-bond acceptors (Lipinski definition) is 5. The van der Waals surface area contributed by atoms with Gasteiger partial charge in [0.1, 0.15) is 0 Å². The number of ether oxygens (including phenoxy) is 1. The van der Waals surface area contributed by atoms with Gasteiger partial charge in [0, 0.05) is 20.2 Å². The molecule has 1 rings (SSSR count). The molecule has 1 N–H and O–H groups in total. The number of thiazole rings is 1. The van der Waals surface area contributed by atoms with E-state index in [2.05, 4.69) is 23.7 Å². The van der Waals surface area contributed by atoms with Crippen molar-refractivity contribution in [2.24, 2.45) is 5.92 Å². The van der Waals surface area contributed by atoms with E-state index in [4.69, 9.17) is 4.74 Å². The van der Waals surface area contributed by atoms with Crippen LogP contribution in [0, 0.1) is 12.8 Å². The maximum atomic E-state index is 9.68. The van der Waals surface area contributed by atoms with Crippen molar-refractivity contribution in [3.63, 3.8) is 0 Å². The van der Waals surface area contributed by atoms with Crippen LogP contribution in [0.3, 0.4) is 0 Å². The van der Waals surface area contributed by atoms with E-state index in [1.807, 2.05) is 6.92 Å². The summed E-state index contributed by atoms with van der Waals surface area (Å²) in [6.07, 6.45) is -0.445. The predicted molar refractivity (Wildman–Crippen MR) is 76.4 cm³/mol. The highest BCUT2D eigenvalue weighted by atomic mass is 32.1. The second-order valence-corrected chi connectivity index (χ2v) is 5.96. The molecule has 5 heteroatoms. The van der Waals surface area contributed by atoms with Crippen LogP contribution in [0.4, 0.5) is 5.13 Å². The fourth-order valence-corrected chi connectivity index (χ4v) is 2.86. The van der Waals surface area contributed by atoms with Crippen LogP contribution in [0.15, 0.2) is 0 Å². The minimum absolute atomic E-state index is 0.445. The van der Waals surface area contributed by atoms with Crippen molar-refractivity contribution in [1.82, 2.24) is 4.98 Å². The standard InChI is InChI=1S/C13H24N2O2S/c1-9(2)8-15(6-7-17-5)13-14-10(3)12(18-13)11(4)16/h9,11,16H,6-8H2,1-5H3. The third-order valence-electron chi connectivity index (χ3n) is 2.62. The number of aliphatic hydroxyl groups is 1. The van der Waals surface area contributed by atoms with Gasteiger partial charge in [0.2, 0.25) is 0 Å². The molecular formula is C13H24N2O2S. The summed E-state index contributed by atoms with van der Waals surface area (Å²) in [5.41, 5.74) is 0.927. The van der Waals surface area contributed by atoms with E-state index in [1.165, 1.54) is 0 Å². The summed E-state index contributed by atoms with van der Waals surface area (Å²) in [5, 5.41) is 10.7. The summed E-state index contributed by atoms with van der Waals surface area (Å²) in [4.78, 5) is 7.76. The first-order valence-corrected chi connectivity index (χ1v) is 7.16. The molecule has 0 aliphatic rings. The number of aryl methyl sites for hydroxylation is 1. The Hall–Kier alpha value is -0.650. The normalized spacial score (nSPS) is 13.1. The quantitative estimate of drug-likeness (QED) is 0.829. The van der Waals surface area contributed by atoms with Gasteiger partial charge in [-0.05, 0) is 19.8 Å². The Labute approximate surface area is 114 Å². The summed E-state index contributed by atoms with van der Waals surface area (Å²) >= 11 is 1.58. The Balaban J connectivity index is 2.86. The third-order valence-corrected chi connectivity index (χ3v) is 4.01. The van der Waals surface area contributed by atoms with Crippen molar-refractivity contribution >= 4 is 16.5 Å². The van der Waals surface area contributed by atoms with Gasteiger partial charge in [-0.2, -0.15) is 0 Å². The van der Waals surface area contributed by atoms with E-state index in [0.29, 0.717) is 12.5 Å². The molecular weight excluding hydrogens is 248 g/mol. The number of rotatable bonds is 7. The van der Waals surface area contributed by atoms with E-state index in [0.717, 1.165) is 28.8 Å². The highest BCUT2D eigenvalue weighted by Crippen LogP contribution is 2.30. The van der Waals surface area contributed by atoms with Crippen molar-refractivity contribution in [1.29, 1.82) is 0 Å². The highest BCUT2D eigenvalue weighted by molar-refractivity contribution is 7.15. The monoisotopic (exact) mass is 272 g/mol. The molecule has 0 amide bonds. The van der Waals surface area contributed by atoms with Gasteiger partial charge in [0.05, 0.1) is 23.3 Å². The largest absolute Gasteiger partial charge is 0.388 e. The van der Waals surface area contributed by atoms with E-state index >= 15 is 0 Å². The van der Waals surface area contributed by atoms with E-state index in [-0.39, 0.29) is 0 Å². The minimum Gasteiger partial charge on any atom is -0.388 e. The molecule has 0 saturated carbocycles. The molecule has 0 bridgehead atoms. The minimum atomic E-state index is -0.445. The summed E-state index contributed by atoms with van der Waals surface area (Å²) in [6.45, 7) is 10.6. The van der Waals surface area contributed by atoms with Crippen molar-refractivity contribution in [3.8, 4) is 0 Å². The lowest BCUT2D eigenvalue weighted by Crippen LogP contribution is -2.30. The third kappa shape index (κ3) is 4.23. The Kier molecular flexibility index (Phi) is 6.05. The van der Waals surface area contributed by atoms with Crippen molar-refractivity contribution in [2.45, 2.75) is 33.8 Å². The van der Waals surface area contributed by atoms with Gasteiger partial charge in [-0.25, -0.2) is 4.98 Å². The van der Waals surface area contributed by atoms with E-state index in [1.54, 1.807) is 25.4 Å². The predicted octanol–water partition coefficient (Wildman–Crippen LogP) is 2.61. The van der Waals surface area contributed by atoms with Crippen LogP contribution in [0.2, 0.25) is 0 Å². The Morgan fingerprint density at radius 3 is 2.50 bits per heavy atom. The first-order valence-electron chi connectivity index (χ1n) is 6.35. The summed E-state index contributed by atoms with van der Waals surface area (Å²) in [7, 11) is 1.71. The molecule has 4 nitrogen and oxygen atoms in total. The lowest BCUT2D eigenvalue weighted by Gasteiger charge is -2.23. The van der Waals surface area contributed by atoms with Crippen LogP contribution in [0.1, 0.15) is 37.4 Å². The van der Waals surface area contributed by atoms with Crippen molar-refractivity contribution in [3.05, 3.63) is 10.6 Å². The van der Waals surface area contributed by atoms with Crippen molar-refractivity contribution in [2.75, 3.05) is 31.7 Å². The van der Waals surface area contributed by atoms with Crippen LogP contribution >= 0.6 is 11.3 Å². The molecule has 1 heterocycles. The second kappa shape index (κ2) is 7.07. The van der Waals surface area contributed by atoms with Crippen LogP contribution < -0.4 is 4.90 Å². The van der Waals surface area contributed by atoms with Crippen LogP contribution in [0.25, 0.3) is 0 Å². The lowest BCUT2D eigenvalue weighted by molar-refractivity contribution is 0.202. The van der Waals surface area contributed by atoms with E-state index in [9.17, 15) is 5.11 Å². The second-order valence-electron chi connectivity index (χ2n) is 4.95. The molecule has 18 heavy (non-hydrogen) atoms. The summed E-state index contributed by atoms with van der Waals surface area (Å²) in [5.74, 6) is 0.570. The zero-order chi connectivity index (χ0) is 13.7. The number of methoxy groups -OCH3 is 1. The van der Waals surface area contributed by atoms with Gasteiger partial charge in [0.15, 0.2) is 5.13 Å². The fraction of sp³-hybridized carbons (Fsp3) is 0.769. The Bertz CT molecular complexity index is 364. The summed E-state index contributed by atoms with van der Waals surface area (Å²) < 4.78 is 5.15. The van der Waals surface area contributed by atoms with Crippen LogP contribution in [-0.4, -0.2) is 36.9 Å². The molecule has 1 unspecified atom stereocenters. The van der Waals surface area contributed by atoms with E-state index < -0.39 is 6.10 Å². The van der Waals surface area contributed by atoms with Crippen molar-refractivity contribution < 1.29 is 9.84 Å². The van der Waals surface area contributed by atoms with Gasteiger partial charge in [-0.1, -0.05) is 25.2 Å². The topological polar surface area (TPSA) is 45.6 Å². The first kappa shape index (κ1) is 15.4. The van der Waals surface area contributed by atoms with Crippen LogP contribution in [-0.2, 0) is 4.74 Å². The molecule has 1 aromatic rings. The molecule has 0 radical (unpaired) electrons. The molecule has 1 aromatic heterocycles. The number of nitrogens with zero attached hydrogens (tertiary/aromatic N) is 2. The Morgan fingerprint density at radius 1 is 1.39 bits per heavy atom. The average Bonchev–Trinajstić information content (AvgIpc) is 2.66. The molecule has 0 aliphatic heterocycles. The van der Waals surface area contributed by atoms with Gasteiger partial charge >= 0.3 is 0 Å². The fourth-order valence-electron chi connectivity index (χ4n) is 1.82. The number of anilines is 1. The maximum absolute atomic E-state index is 9.68. The van der Waals surface area contributed by atoms with Crippen LogP contribution in [0.5, 0.6) is 0 Å². The van der Waals surface area contributed by atoms with Gasteiger partial charge in [-0.15, -0.1) is 0 Å². The Morgan fingerprint density at radius 2 is 2.06 bits per heavy atom. The number of aromatic nitrogens is 1.